The first-order chi connectivity index (χ1) is 17.7. The third kappa shape index (κ3) is 4.46. The first kappa shape index (κ1) is 22.7. The average Bonchev–Trinajstić information content (AvgIpc) is 3.66. The fourth-order valence-corrected chi connectivity index (χ4v) is 5.43. The van der Waals surface area contributed by atoms with Crippen LogP contribution in [-0.4, -0.2) is 16.2 Å². The van der Waals surface area contributed by atoms with Gasteiger partial charge in [0.15, 0.2) is 5.11 Å². The lowest BCUT2D eigenvalue weighted by molar-refractivity contribution is 0.210. The van der Waals surface area contributed by atoms with Crippen molar-refractivity contribution in [1.82, 2.24) is 10.3 Å². The Morgan fingerprint density at radius 2 is 1.72 bits per heavy atom. The van der Waals surface area contributed by atoms with Crippen molar-refractivity contribution in [2.24, 2.45) is 0 Å². The number of hydrogen-bond acceptors (Lipinski definition) is 4. The molecule has 3 heterocycles. The second kappa shape index (κ2) is 9.74. The molecule has 0 amide bonds. The van der Waals surface area contributed by atoms with E-state index in [2.05, 4.69) is 15.2 Å². The largest absolute Gasteiger partial charge is 0.490 e. The molecule has 0 bridgehead atoms. The molecule has 0 spiro atoms. The van der Waals surface area contributed by atoms with E-state index in [-0.39, 0.29) is 17.9 Å². The van der Waals surface area contributed by atoms with Crippen LogP contribution in [0.3, 0.4) is 0 Å². The minimum atomic E-state index is -0.280. The molecule has 1 saturated carbocycles. The Bertz CT molecular complexity index is 1340. The van der Waals surface area contributed by atoms with E-state index in [1.165, 1.54) is 25.0 Å². The molecule has 4 aromatic rings. The molecule has 0 unspecified atom stereocenters. The highest BCUT2D eigenvalue weighted by Crippen LogP contribution is 2.43. The molecule has 7 heteroatoms. The van der Waals surface area contributed by atoms with Gasteiger partial charge in [0, 0.05) is 17.4 Å². The number of nitrogens with one attached hydrogen (secondary N) is 1. The Balaban J connectivity index is 1.34. The topological polar surface area (TPSA) is 50.5 Å². The molecular weight excluding hydrogens is 473 g/mol. The number of halogens is 1. The van der Waals surface area contributed by atoms with Crippen molar-refractivity contribution in [2.45, 2.75) is 43.9 Å². The second-order valence-electron chi connectivity index (χ2n) is 9.22. The van der Waals surface area contributed by atoms with E-state index in [9.17, 15) is 4.39 Å². The van der Waals surface area contributed by atoms with Gasteiger partial charge in [-0.3, -0.25) is 4.98 Å². The Morgan fingerprint density at radius 3 is 2.44 bits per heavy atom. The predicted molar refractivity (Wildman–Crippen MR) is 141 cm³/mol. The molecule has 1 saturated heterocycles. The van der Waals surface area contributed by atoms with Crippen LogP contribution in [0.2, 0.25) is 0 Å². The van der Waals surface area contributed by atoms with Crippen LogP contribution in [-0.2, 0) is 0 Å². The van der Waals surface area contributed by atoms with Crippen LogP contribution < -0.4 is 15.0 Å². The molecular formula is C29H26FN3O2S. The summed E-state index contributed by atoms with van der Waals surface area (Å²) in [6, 6.07) is 23.6. The maximum atomic E-state index is 13.4. The highest BCUT2D eigenvalue weighted by Gasteiger charge is 2.42. The normalized spacial score (nSPS) is 20.0. The van der Waals surface area contributed by atoms with E-state index in [0.717, 1.165) is 41.3 Å². The Morgan fingerprint density at radius 1 is 0.944 bits per heavy atom. The summed E-state index contributed by atoms with van der Waals surface area (Å²) in [5.74, 6) is 2.00. The van der Waals surface area contributed by atoms with Crippen LogP contribution in [0.4, 0.5) is 10.1 Å². The Labute approximate surface area is 214 Å². The van der Waals surface area contributed by atoms with E-state index in [4.69, 9.17) is 21.4 Å². The lowest BCUT2D eigenvalue weighted by Gasteiger charge is -2.26. The number of rotatable bonds is 6. The molecule has 2 aromatic carbocycles. The maximum Gasteiger partial charge on any atom is 0.174 e. The Hall–Kier alpha value is -3.71. The number of anilines is 1. The number of furan rings is 1. The Kier molecular flexibility index (Phi) is 6.15. The molecule has 2 atom stereocenters. The summed E-state index contributed by atoms with van der Waals surface area (Å²) in [7, 11) is 0. The van der Waals surface area contributed by atoms with Gasteiger partial charge >= 0.3 is 0 Å². The summed E-state index contributed by atoms with van der Waals surface area (Å²) in [5, 5.41) is 4.05. The van der Waals surface area contributed by atoms with Gasteiger partial charge in [-0.15, -0.1) is 0 Å². The summed E-state index contributed by atoms with van der Waals surface area (Å²) in [6.45, 7) is 0. The molecule has 2 fully saturated rings. The molecule has 36 heavy (non-hydrogen) atoms. The van der Waals surface area contributed by atoms with Crippen molar-refractivity contribution in [3.05, 3.63) is 102 Å². The number of nitrogens with zero attached hydrogens (tertiary/aromatic N) is 2. The molecule has 2 aromatic heterocycles. The first-order valence-corrected chi connectivity index (χ1v) is 12.7. The van der Waals surface area contributed by atoms with Gasteiger partial charge in [-0.25, -0.2) is 4.39 Å². The summed E-state index contributed by atoms with van der Waals surface area (Å²) in [4.78, 5) is 6.66. The molecule has 182 valence electrons. The van der Waals surface area contributed by atoms with E-state index in [1.807, 2.05) is 54.6 Å². The zero-order valence-electron chi connectivity index (χ0n) is 19.6. The molecule has 1 N–H and O–H groups in total. The highest BCUT2D eigenvalue weighted by molar-refractivity contribution is 7.80. The fourth-order valence-electron chi connectivity index (χ4n) is 5.09. The highest BCUT2D eigenvalue weighted by atomic mass is 32.1. The van der Waals surface area contributed by atoms with Crippen LogP contribution in [0.5, 0.6) is 5.75 Å². The lowest BCUT2D eigenvalue weighted by Crippen LogP contribution is -2.29. The zero-order chi connectivity index (χ0) is 24.5. The number of thiocarbonyl (C=S) groups is 1. The molecule has 1 aliphatic heterocycles. The fraction of sp³-hybridized carbons (Fsp3) is 0.241. The standard InChI is InChI=1S/C29H26FN3O2S/c30-20-10-8-19(9-11-20)25-16-17-26(35-25)28-27(24-7-3-4-18-31-24)32-29(36)33(28)21-12-14-23(15-13-21)34-22-5-1-2-6-22/h3-4,7-18,22,27-28H,1-2,5-6H2,(H,32,36)/t27-,28-/m0/s1. The summed E-state index contributed by atoms with van der Waals surface area (Å²) in [5.41, 5.74) is 2.62. The minimum Gasteiger partial charge on any atom is -0.490 e. The third-order valence-electron chi connectivity index (χ3n) is 6.86. The molecule has 6 rings (SSSR count). The monoisotopic (exact) mass is 499 g/mol. The van der Waals surface area contributed by atoms with Gasteiger partial charge in [-0.05, 0) is 111 Å². The lowest BCUT2D eigenvalue weighted by atomic mass is 10.0. The van der Waals surface area contributed by atoms with Crippen molar-refractivity contribution in [2.75, 3.05) is 4.90 Å². The van der Waals surface area contributed by atoms with E-state index in [1.54, 1.807) is 18.3 Å². The third-order valence-corrected chi connectivity index (χ3v) is 7.18. The van der Waals surface area contributed by atoms with Gasteiger partial charge < -0.3 is 19.4 Å². The summed E-state index contributed by atoms with van der Waals surface area (Å²) >= 11 is 5.81. The number of pyridine rings is 1. The van der Waals surface area contributed by atoms with Crippen molar-refractivity contribution >= 4 is 23.0 Å². The van der Waals surface area contributed by atoms with Crippen LogP contribution in [0, 0.1) is 5.82 Å². The SMILES string of the molecule is Fc1ccc(-c2ccc([C@H]3[C@H](c4ccccn4)NC(=S)N3c3ccc(OC4CCCC4)cc3)o2)cc1. The summed E-state index contributed by atoms with van der Waals surface area (Å²) in [6.07, 6.45) is 6.78. The quantitative estimate of drug-likeness (QED) is 0.289. The van der Waals surface area contributed by atoms with Crippen LogP contribution in [0.25, 0.3) is 11.3 Å². The molecule has 2 aliphatic rings. The van der Waals surface area contributed by atoms with Crippen LogP contribution >= 0.6 is 12.2 Å². The van der Waals surface area contributed by atoms with Gasteiger partial charge in [-0.2, -0.15) is 0 Å². The zero-order valence-corrected chi connectivity index (χ0v) is 20.5. The van der Waals surface area contributed by atoms with Gasteiger partial charge in [0.2, 0.25) is 0 Å². The maximum absolute atomic E-state index is 13.4. The van der Waals surface area contributed by atoms with Gasteiger partial charge in [-0.1, -0.05) is 6.07 Å². The van der Waals surface area contributed by atoms with Gasteiger partial charge in [0.05, 0.1) is 17.8 Å². The van der Waals surface area contributed by atoms with Crippen molar-refractivity contribution in [3.8, 4) is 17.1 Å². The average molecular weight is 500 g/mol. The predicted octanol–water partition coefficient (Wildman–Crippen LogP) is 6.98. The van der Waals surface area contributed by atoms with Crippen LogP contribution in [0.1, 0.15) is 49.2 Å². The van der Waals surface area contributed by atoms with Gasteiger partial charge in [0.1, 0.15) is 29.1 Å². The molecule has 0 radical (unpaired) electrons. The number of hydrogen-bond donors (Lipinski definition) is 1. The van der Waals surface area contributed by atoms with Gasteiger partial charge in [0.25, 0.3) is 0 Å². The van der Waals surface area contributed by atoms with Crippen molar-refractivity contribution < 1.29 is 13.5 Å². The van der Waals surface area contributed by atoms with E-state index < -0.39 is 0 Å². The smallest absolute Gasteiger partial charge is 0.174 e. The number of ether oxygens (including phenoxy) is 1. The molecule has 5 nitrogen and oxygen atoms in total. The van der Waals surface area contributed by atoms with E-state index in [0.29, 0.717) is 17.0 Å². The number of benzene rings is 2. The van der Waals surface area contributed by atoms with E-state index >= 15 is 0 Å². The number of aromatic nitrogens is 1. The second-order valence-corrected chi connectivity index (χ2v) is 9.61. The van der Waals surface area contributed by atoms with Crippen molar-refractivity contribution in [1.29, 1.82) is 0 Å². The summed E-state index contributed by atoms with van der Waals surface area (Å²) < 4.78 is 25.9. The first-order valence-electron chi connectivity index (χ1n) is 12.3. The molecule has 1 aliphatic carbocycles. The van der Waals surface area contributed by atoms with Crippen molar-refractivity contribution in [3.63, 3.8) is 0 Å². The minimum absolute atomic E-state index is 0.208. The van der Waals surface area contributed by atoms with Crippen LogP contribution in [0.15, 0.2) is 89.5 Å².